The number of sulfonamides is 1. The van der Waals surface area contributed by atoms with Crippen LogP contribution >= 0.6 is 0 Å². The number of benzene rings is 1. The van der Waals surface area contributed by atoms with Crippen molar-refractivity contribution >= 4 is 33.1 Å². The highest BCUT2D eigenvalue weighted by Crippen LogP contribution is 2.24. The van der Waals surface area contributed by atoms with Crippen molar-refractivity contribution in [2.75, 3.05) is 21.5 Å². The molecule has 0 aliphatic heterocycles. The standard InChI is InChI=1S/C16H15F2N5O3S/c1-2-5-27(25,26)23-12-4-3-11(17)13(14(12)18)16(24)22-10-6-9(7-19)15(20)21-8-10/h3-4,6,8,23H,2,5H2,1H3,(H2,20,21)(H,22,24). The van der Waals surface area contributed by atoms with E-state index in [2.05, 4.69) is 10.3 Å². The Morgan fingerprint density at radius 2 is 2.07 bits per heavy atom. The van der Waals surface area contributed by atoms with Crippen LogP contribution in [0.15, 0.2) is 24.4 Å². The van der Waals surface area contributed by atoms with Crippen LogP contribution in [0.25, 0.3) is 0 Å². The number of nitrogens with zero attached hydrogens (tertiary/aromatic N) is 2. The normalized spacial score (nSPS) is 10.9. The molecule has 0 unspecified atom stereocenters. The molecule has 1 amide bonds. The summed E-state index contributed by atoms with van der Waals surface area (Å²) in [6.07, 6.45) is 1.40. The van der Waals surface area contributed by atoms with Gasteiger partial charge >= 0.3 is 0 Å². The number of hydrogen-bond donors (Lipinski definition) is 3. The second kappa shape index (κ2) is 7.96. The number of carbonyl (C=O) groups excluding carboxylic acids is 1. The molecule has 0 radical (unpaired) electrons. The minimum atomic E-state index is -3.84. The number of pyridine rings is 1. The molecule has 1 aromatic carbocycles. The van der Waals surface area contributed by atoms with E-state index in [0.717, 1.165) is 18.3 Å². The summed E-state index contributed by atoms with van der Waals surface area (Å²) in [5.41, 5.74) is 3.88. The number of halogens is 2. The lowest BCUT2D eigenvalue weighted by molar-refractivity contribution is 0.101. The molecule has 1 heterocycles. The Kier molecular flexibility index (Phi) is 5.91. The van der Waals surface area contributed by atoms with Crippen molar-refractivity contribution in [2.24, 2.45) is 0 Å². The second-order valence-corrected chi connectivity index (χ2v) is 7.27. The zero-order valence-electron chi connectivity index (χ0n) is 14.1. The van der Waals surface area contributed by atoms with E-state index in [0.29, 0.717) is 0 Å². The fraction of sp³-hybridized carbons (Fsp3) is 0.188. The maximum atomic E-state index is 14.6. The van der Waals surface area contributed by atoms with Gasteiger partial charge in [-0.3, -0.25) is 9.52 Å². The number of nitrogens with one attached hydrogen (secondary N) is 2. The van der Waals surface area contributed by atoms with Gasteiger partial charge in [0.15, 0.2) is 5.82 Å². The number of rotatable bonds is 6. The third-order valence-electron chi connectivity index (χ3n) is 3.35. The average Bonchev–Trinajstić information content (AvgIpc) is 2.59. The van der Waals surface area contributed by atoms with Crippen LogP contribution in [0.2, 0.25) is 0 Å². The number of hydrogen-bond acceptors (Lipinski definition) is 6. The van der Waals surface area contributed by atoms with Gasteiger partial charge in [0.1, 0.15) is 23.3 Å². The molecule has 0 aliphatic carbocycles. The quantitative estimate of drug-likeness (QED) is 0.686. The predicted octanol–water partition coefficient (Wildman–Crippen LogP) is 2.22. The lowest BCUT2D eigenvalue weighted by Crippen LogP contribution is -2.20. The first-order valence-corrected chi connectivity index (χ1v) is 9.29. The van der Waals surface area contributed by atoms with Gasteiger partial charge in [-0.25, -0.2) is 22.2 Å². The van der Waals surface area contributed by atoms with Gasteiger partial charge in [-0.05, 0) is 24.6 Å². The number of nitrogen functional groups attached to an aromatic ring is 1. The molecule has 0 fully saturated rings. The van der Waals surface area contributed by atoms with E-state index in [-0.39, 0.29) is 29.2 Å². The maximum Gasteiger partial charge on any atom is 0.261 e. The molecule has 4 N–H and O–H groups in total. The molecule has 0 spiro atoms. The first kappa shape index (κ1) is 20.1. The van der Waals surface area contributed by atoms with E-state index < -0.39 is 38.8 Å². The van der Waals surface area contributed by atoms with Crippen LogP contribution in [0, 0.1) is 23.0 Å². The summed E-state index contributed by atoms with van der Waals surface area (Å²) in [5.74, 6) is -4.07. The number of nitriles is 1. The van der Waals surface area contributed by atoms with Gasteiger partial charge in [-0.15, -0.1) is 0 Å². The molecule has 0 saturated carbocycles. The van der Waals surface area contributed by atoms with E-state index in [4.69, 9.17) is 11.0 Å². The fourth-order valence-electron chi connectivity index (χ4n) is 2.15. The lowest BCUT2D eigenvalue weighted by Gasteiger charge is -2.12. The van der Waals surface area contributed by atoms with Crippen molar-refractivity contribution in [1.82, 2.24) is 4.98 Å². The van der Waals surface area contributed by atoms with Crippen molar-refractivity contribution in [3.8, 4) is 6.07 Å². The van der Waals surface area contributed by atoms with Crippen LogP contribution in [0.5, 0.6) is 0 Å². The number of amides is 1. The van der Waals surface area contributed by atoms with Crippen molar-refractivity contribution in [2.45, 2.75) is 13.3 Å². The highest BCUT2D eigenvalue weighted by Gasteiger charge is 2.23. The smallest absolute Gasteiger partial charge is 0.261 e. The Morgan fingerprint density at radius 1 is 1.37 bits per heavy atom. The van der Waals surface area contributed by atoms with Crippen LogP contribution < -0.4 is 15.8 Å². The third kappa shape index (κ3) is 4.68. The largest absolute Gasteiger partial charge is 0.383 e. The van der Waals surface area contributed by atoms with Gasteiger partial charge in [-0.1, -0.05) is 6.92 Å². The maximum absolute atomic E-state index is 14.6. The minimum Gasteiger partial charge on any atom is -0.383 e. The van der Waals surface area contributed by atoms with Crippen LogP contribution in [0.1, 0.15) is 29.3 Å². The number of aromatic nitrogens is 1. The Bertz CT molecular complexity index is 1040. The van der Waals surface area contributed by atoms with E-state index in [1.807, 2.05) is 4.72 Å². The second-order valence-electron chi connectivity index (χ2n) is 5.43. The zero-order valence-corrected chi connectivity index (χ0v) is 14.9. The summed E-state index contributed by atoms with van der Waals surface area (Å²) in [5, 5.41) is 11.1. The summed E-state index contributed by atoms with van der Waals surface area (Å²) < 4.78 is 54.1. The molecular weight excluding hydrogens is 380 g/mol. The van der Waals surface area contributed by atoms with E-state index in [1.165, 1.54) is 6.07 Å². The number of nitrogens with two attached hydrogens (primary N) is 1. The minimum absolute atomic E-state index is 0.0125. The fourth-order valence-corrected chi connectivity index (χ4v) is 3.29. The molecule has 2 rings (SSSR count). The van der Waals surface area contributed by atoms with Gasteiger partial charge in [-0.2, -0.15) is 5.26 Å². The average molecular weight is 395 g/mol. The summed E-state index contributed by atoms with van der Waals surface area (Å²) in [6, 6.07) is 4.59. The third-order valence-corrected chi connectivity index (χ3v) is 4.83. The molecular formula is C16H15F2N5O3S. The molecule has 27 heavy (non-hydrogen) atoms. The summed E-state index contributed by atoms with van der Waals surface area (Å²) in [4.78, 5) is 16.0. The highest BCUT2D eigenvalue weighted by molar-refractivity contribution is 7.92. The van der Waals surface area contributed by atoms with Crippen molar-refractivity contribution in [3.63, 3.8) is 0 Å². The monoisotopic (exact) mass is 395 g/mol. The molecule has 1 aromatic heterocycles. The first-order chi connectivity index (χ1) is 12.7. The molecule has 142 valence electrons. The van der Waals surface area contributed by atoms with Gasteiger partial charge in [0.05, 0.1) is 28.9 Å². The number of anilines is 3. The van der Waals surface area contributed by atoms with Gasteiger partial charge in [0.25, 0.3) is 5.91 Å². The van der Waals surface area contributed by atoms with Crippen molar-refractivity contribution in [1.29, 1.82) is 5.26 Å². The Balaban J connectivity index is 2.36. The van der Waals surface area contributed by atoms with Crippen LogP contribution in [-0.2, 0) is 10.0 Å². The Labute approximate surface area is 154 Å². The van der Waals surface area contributed by atoms with Gasteiger partial charge in [0, 0.05) is 0 Å². The Morgan fingerprint density at radius 3 is 2.70 bits per heavy atom. The summed E-state index contributed by atoms with van der Waals surface area (Å²) in [7, 11) is -3.84. The van der Waals surface area contributed by atoms with Crippen LogP contribution in [0.3, 0.4) is 0 Å². The molecule has 0 bridgehead atoms. The topological polar surface area (TPSA) is 138 Å². The molecule has 0 aliphatic rings. The SMILES string of the molecule is CCCS(=O)(=O)Nc1ccc(F)c(C(=O)Nc2cnc(N)c(C#N)c2)c1F. The molecule has 11 heteroatoms. The molecule has 8 nitrogen and oxygen atoms in total. The van der Waals surface area contributed by atoms with Crippen molar-refractivity contribution < 1.29 is 22.0 Å². The van der Waals surface area contributed by atoms with E-state index in [9.17, 15) is 22.0 Å². The highest BCUT2D eigenvalue weighted by atomic mass is 32.2. The lowest BCUT2D eigenvalue weighted by atomic mass is 10.1. The zero-order chi connectivity index (χ0) is 20.2. The summed E-state index contributed by atoms with van der Waals surface area (Å²) in [6.45, 7) is 1.62. The van der Waals surface area contributed by atoms with Crippen LogP contribution in [-0.4, -0.2) is 25.1 Å². The van der Waals surface area contributed by atoms with Gasteiger partial charge < -0.3 is 11.1 Å². The number of carbonyl (C=O) groups is 1. The Hall–Kier alpha value is -3.26. The summed E-state index contributed by atoms with van der Waals surface area (Å²) >= 11 is 0. The van der Waals surface area contributed by atoms with Crippen molar-refractivity contribution in [3.05, 3.63) is 47.2 Å². The van der Waals surface area contributed by atoms with Crippen LogP contribution in [0.4, 0.5) is 26.0 Å². The predicted molar refractivity (Wildman–Crippen MR) is 95.4 cm³/mol. The molecule has 0 atom stereocenters. The molecule has 2 aromatic rings. The van der Waals surface area contributed by atoms with Gasteiger partial charge in [0.2, 0.25) is 10.0 Å². The van der Waals surface area contributed by atoms with E-state index >= 15 is 0 Å². The van der Waals surface area contributed by atoms with E-state index in [1.54, 1.807) is 13.0 Å². The first-order valence-electron chi connectivity index (χ1n) is 7.64. The molecule has 0 saturated heterocycles.